The van der Waals surface area contributed by atoms with E-state index < -0.39 is 16.7 Å². The van der Waals surface area contributed by atoms with Gasteiger partial charge in [0.05, 0.1) is 10.4 Å². The lowest BCUT2D eigenvalue weighted by molar-refractivity contribution is 0.486. The summed E-state index contributed by atoms with van der Waals surface area (Å²) in [6.07, 6.45) is 0. The average molecular weight is 289 g/mol. The summed E-state index contributed by atoms with van der Waals surface area (Å²) in [4.78, 5) is 4.13. The smallest absolute Gasteiger partial charge is 0.240 e. The molecule has 0 spiro atoms. The Kier molecular flexibility index (Phi) is 3.79. The number of nitrogens with zero attached hydrogens (tertiary/aromatic N) is 1. The summed E-state index contributed by atoms with van der Waals surface area (Å²) in [7, 11) is -3.67. The van der Waals surface area contributed by atoms with E-state index in [1.54, 1.807) is 18.2 Å². The minimum Gasteiger partial charge on any atom is -0.250 e. The van der Waals surface area contributed by atoms with Crippen LogP contribution in [-0.4, -0.2) is 26.6 Å². The number of halogens is 2. The van der Waals surface area contributed by atoms with Gasteiger partial charge in [-0.2, -0.15) is 0 Å². The predicted molar refractivity (Wildman–Crippen MR) is 67.9 cm³/mol. The zero-order valence-corrected chi connectivity index (χ0v) is 10.8. The molecule has 0 amide bonds. The van der Waals surface area contributed by atoms with Gasteiger partial charge in [-0.3, -0.25) is 0 Å². The maximum absolute atomic E-state index is 12.0. The van der Waals surface area contributed by atoms with Crippen LogP contribution in [0.25, 0.3) is 10.9 Å². The van der Waals surface area contributed by atoms with Crippen LogP contribution in [-0.2, 0) is 10.0 Å². The lowest BCUT2D eigenvalue weighted by atomic mass is 10.2. The first-order chi connectivity index (χ1) is 8.53. The van der Waals surface area contributed by atoms with Crippen molar-refractivity contribution in [2.75, 3.05) is 13.2 Å². The number of rotatable bonds is 4. The fourth-order valence-corrected chi connectivity index (χ4v) is 2.70. The van der Waals surface area contributed by atoms with E-state index in [4.69, 9.17) is 11.6 Å². The number of benzene rings is 1. The predicted octanol–water partition coefficient (Wildman–Crippen LogP) is 2.14. The van der Waals surface area contributed by atoms with Crippen LogP contribution in [0.15, 0.2) is 35.2 Å². The van der Waals surface area contributed by atoms with E-state index in [1.165, 1.54) is 12.1 Å². The largest absolute Gasteiger partial charge is 0.250 e. The van der Waals surface area contributed by atoms with Crippen LogP contribution in [0.1, 0.15) is 0 Å². The third kappa shape index (κ3) is 2.77. The summed E-state index contributed by atoms with van der Waals surface area (Å²) in [5.74, 6) is 0. The van der Waals surface area contributed by atoms with Gasteiger partial charge in [0.2, 0.25) is 10.0 Å². The molecule has 7 heteroatoms. The molecule has 1 aromatic carbocycles. The number of hydrogen-bond donors (Lipinski definition) is 1. The fourth-order valence-electron chi connectivity index (χ4n) is 1.50. The Morgan fingerprint density at radius 1 is 1.28 bits per heavy atom. The summed E-state index contributed by atoms with van der Waals surface area (Å²) < 4.78 is 37.7. The number of fused-ring (bicyclic) bond motifs is 1. The van der Waals surface area contributed by atoms with Gasteiger partial charge in [0.25, 0.3) is 0 Å². The normalized spacial score (nSPS) is 11.9. The highest BCUT2D eigenvalue weighted by molar-refractivity contribution is 7.89. The van der Waals surface area contributed by atoms with Gasteiger partial charge >= 0.3 is 0 Å². The highest BCUT2D eigenvalue weighted by Crippen LogP contribution is 2.19. The molecule has 2 aromatic rings. The molecule has 0 aliphatic heterocycles. The van der Waals surface area contributed by atoms with Crippen molar-refractivity contribution in [1.29, 1.82) is 0 Å². The molecule has 18 heavy (non-hydrogen) atoms. The van der Waals surface area contributed by atoms with E-state index in [0.29, 0.717) is 16.1 Å². The lowest BCUT2D eigenvalue weighted by Crippen LogP contribution is -2.25. The van der Waals surface area contributed by atoms with Crippen LogP contribution in [0.2, 0.25) is 5.15 Å². The molecule has 4 nitrogen and oxygen atoms in total. The van der Waals surface area contributed by atoms with Crippen LogP contribution in [0.3, 0.4) is 0 Å². The molecule has 0 aliphatic carbocycles. The molecule has 2 rings (SSSR count). The second kappa shape index (κ2) is 5.17. The van der Waals surface area contributed by atoms with Crippen LogP contribution < -0.4 is 4.72 Å². The molecular weight excluding hydrogens is 279 g/mol. The third-order valence-electron chi connectivity index (χ3n) is 2.32. The molecule has 0 aliphatic rings. The standard InChI is InChI=1S/C11H10ClFN2O2S/c12-11-4-1-8-7-9(2-3-10(8)15-11)18(16,17)14-6-5-13/h1-4,7,14H,5-6H2. The first-order valence-electron chi connectivity index (χ1n) is 5.15. The lowest BCUT2D eigenvalue weighted by Gasteiger charge is -2.06. The zero-order valence-electron chi connectivity index (χ0n) is 9.23. The molecule has 0 fully saturated rings. The van der Waals surface area contributed by atoms with Gasteiger partial charge in [0.1, 0.15) is 11.8 Å². The van der Waals surface area contributed by atoms with Crippen molar-refractivity contribution < 1.29 is 12.8 Å². The van der Waals surface area contributed by atoms with E-state index >= 15 is 0 Å². The second-order valence-electron chi connectivity index (χ2n) is 3.58. The van der Waals surface area contributed by atoms with E-state index in [2.05, 4.69) is 9.71 Å². The summed E-state index contributed by atoms with van der Waals surface area (Å²) >= 11 is 5.73. The summed E-state index contributed by atoms with van der Waals surface area (Å²) in [5.41, 5.74) is 0.604. The topological polar surface area (TPSA) is 59.1 Å². The van der Waals surface area contributed by atoms with Gasteiger partial charge < -0.3 is 0 Å². The molecule has 1 aromatic heterocycles. The van der Waals surface area contributed by atoms with Gasteiger partial charge in [-0.05, 0) is 30.3 Å². The van der Waals surface area contributed by atoms with Crippen molar-refractivity contribution in [3.8, 4) is 0 Å². The maximum atomic E-state index is 12.0. The Labute approximate surface area is 109 Å². The highest BCUT2D eigenvalue weighted by atomic mass is 35.5. The quantitative estimate of drug-likeness (QED) is 0.877. The number of nitrogens with one attached hydrogen (secondary N) is 1. The summed E-state index contributed by atoms with van der Waals surface area (Å²) in [6.45, 7) is -0.983. The van der Waals surface area contributed by atoms with Gasteiger partial charge in [0, 0.05) is 11.9 Å². The highest BCUT2D eigenvalue weighted by Gasteiger charge is 2.13. The fraction of sp³-hybridized carbons (Fsp3) is 0.182. The Bertz CT molecular complexity index is 676. The molecule has 0 radical (unpaired) electrons. The molecule has 0 saturated carbocycles. The molecule has 0 bridgehead atoms. The second-order valence-corrected chi connectivity index (χ2v) is 5.73. The maximum Gasteiger partial charge on any atom is 0.240 e. The zero-order chi connectivity index (χ0) is 13.2. The Hall–Kier alpha value is -1.24. The van der Waals surface area contributed by atoms with Crippen molar-refractivity contribution in [2.45, 2.75) is 4.90 Å². The van der Waals surface area contributed by atoms with E-state index in [0.717, 1.165) is 0 Å². The van der Waals surface area contributed by atoms with Gasteiger partial charge in [-0.15, -0.1) is 0 Å². The van der Waals surface area contributed by atoms with E-state index in [1.807, 2.05) is 0 Å². The molecule has 1 heterocycles. The molecule has 1 N–H and O–H groups in total. The minimum atomic E-state index is -3.67. The first kappa shape index (κ1) is 13.2. The summed E-state index contributed by atoms with van der Waals surface area (Å²) in [5, 5.41) is 0.996. The first-order valence-corrected chi connectivity index (χ1v) is 7.01. The molecule has 0 saturated heterocycles. The van der Waals surface area contributed by atoms with Gasteiger partial charge in [0.15, 0.2) is 0 Å². The van der Waals surface area contributed by atoms with Gasteiger partial charge in [-0.25, -0.2) is 22.5 Å². The van der Waals surface area contributed by atoms with Gasteiger partial charge in [-0.1, -0.05) is 11.6 Å². The molecule has 96 valence electrons. The van der Waals surface area contributed by atoms with Crippen LogP contribution in [0.5, 0.6) is 0 Å². The van der Waals surface area contributed by atoms with Crippen LogP contribution in [0.4, 0.5) is 4.39 Å². The van der Waals surface area contributed by atoms with E-state index in [9.17, 15) is 12.8 Å². The Morgan fingerprint density at radius 2 is 2.06 bits per heavy atom. The van der Waals surface area contributed by atoms with Crippen molar-refractivity contribution in [3.05, 3.63) is 35.5 Å². The van der Waals surface area contributed by atoms with Crippen LogP contribution >= 0.6 is 11.6 Å². The monoisotopic (exact) mass is 288 g/mol. The van der Waals surface area contributed by atoms with Crippen LogP contribution in [0, 0.1) is 0 Å². The van der Waals surface area contributed by atoms with E-state index in [-0.39, 0.29) is 11.4 Å². The molecule has 0 unspecified atom stereocenters. The van der Waals surface area contributed by atoms with Crippen molar-refractivity contribution in [1.82, 2.24) is 9.71 Å². The number of aromatic nitrogens is 1. The number of sulfonamides is 1. The minimum absolute atomic E-state index is 0.0765. The Morgan fingerprint density at radius 3 is 2.78 bits per heavy atom. The summed E-state index contributed by atoms with van der Waals surface area (Å²) in [6, 6.07) is 7.70. The third-order valence-corrected chi connectivity index (χ3v) is 3.99. The SMILES string of the molecule is O=S(=O)(NCCF)c1ccc2nc(Cl)ccc2c1. The average Bonchev–Trinajstić information content (AvgIpc) is 2.35. The number of hydrogen-bond acceptors (Lipinski definition) is 3. The molecule has 0 atom stereocenters. The van der Waals surface area contributed by atoms with Crippen molar-refractivity contribution in [2.24, 2.45) is 0 Å². The Balaban J connectivity index is 2.44. The number of alkyl halides is 1. The molecular formula is C11H10ClFN2O2S. The van der Waals surface area contributed by atoms with Crippen molar-refractivity contribution in [3.63, 3.8) is 0 Å². The van der Waals surface area contributed by atoms with Crippen molar-refractivity contribution >= 4 is 32.5 Å². The number of pyridine rings is 1.